The minimum absolute atomic E-state index is 0. The Morgan fingerprint density at radius 2 is 1.69 bits per heavy atom. The van der Waals surface area contributed by atoms with Gasteiger partial charge in [-0.1, -0.05) is 30.3 Å². The fraction of sp³-hybridized carbons (Fsp3) is 0.308. The molecule has 1 N–H and O–H groups in total. The van der Waals surface area contributed by atoms with Gasteiger partial charge in [0.15, 0.2) is 0 Å². The van der Waals surface area contributed by atoms with E-state index in [1.807, 2.05) is 51.1 Å². The molecule has 1 aromatic carbocycles. The van der Waals surface area contributed by atoms with Crippen molar-refractivity contribution in [3.05, 3.63) is 41.5 Å². The topological polar surface area (TPSA) is 33.1 Å². The smallest absolute Gasteiger partial charge is 0.214 e. The van der Waals surface area contributed by atoms with E-state index in [4.69, 9.17) is 10.1 Å². The summed E-state index contributed by atoms with van der Waals surface area (Å²) in [7, 11) is 0. The summed E-state index contributed by atoms with van der Waals surface area (Å²) in [5, 5.41) is 7.85. The fourth-order valence-electron chi connectivity index (χ4n) is 1.81. The van der Waals surface area contributed by atoms with E-state index < -0.39 is 0 Å². The summed E-state index contributed by atoms with van der Waals surface area (Å²) in [6.45, 7) is 6.02. The summed E-state index contributed by atoms with van der Waals surface area (Å²) >= 11 is 0. The van der Waals surface area contributed by atoms with Crippen molar-refractivity contribution in [1.82, 2.24) is 0 Å². The summed E-state index contributed by atoms with van der Waals surface area (Å²) in [5.74, 6) is 0.281. The maximum atomic E-state index is 7.85. The molecular weight excluding hydrogens is 222 g/mol. The average molecular weight is 238 g/mol. The predicted octanol–water partition coefficient (Wildman–Crippen LogP) is 3.67. The van der Waals surface area contributed by atoms with Gasteiger partial charge in [0, 0.05) is 5.57 Å². The second-order valence-corrected chi connectivity index (χ2v) is 4.31. The Bertz CT molecular complexity index is 435. The number of rotatable bonds is 1. The van der Waals surface area contributed by atoms with Crippen molar-refractivity contribution in [3.63, 3.8) is 0 Å². The van der Waals surface area contributed by atoms with Crippen LogP contribution in [0.25, 0.3) is 5.57 Å². The van der Waals surface area contributed by atoms with Gasteiger partial charge in [0.1, 0.15) is 5.60 Å². The van der Waals surface area contributed by atoms with Gasteiger partial charge in [0.25, 0.3) is 0 Å². The van der Waals surface area contributed by atoms with Crippen molar-refractivity contribution in [2.75, 3.05) is 0 Å². The highest BCUT2D eigenvalue weighted by Crippen LogP contribution is 2.37. The molecule has 0 saturated carbocycles. The first-order chi connectivity index (χ1) is 7.02. The van der Waals surface area contributed by atoms with Crippen LogP contribution in [0.15, 0.2) is 35.9 Å². The number of benzene rings is 1. The van der Waals surface area contributed by atoms with Gasteiger partial charge in [-0.15, -0.1) is 12.4 Å². The minimum atomic E-state index is -0.345. The monoisotopic (exact) mass is 237 g/mol. The van der Waals surface area contributed by atoms with Gasteiger partial charge in [-0.2, -0.15) is 0 Å². The highest BCUT2D eigenvalue weighted by molar-refractivity contribution is 6.21. The first-order valence-electron chi connectivity index (χ1n) is 5.07. The Morgan fingerprint density at radius 1 is 1.12 bits per heavy atom. The van der Waals surface area contributed by atoms with E-state index in [2.05, 4.69) is 0 Å². The number of nitrogens with one attached hydrogen (secondary N) is 1. The Morgan fingerprint density at radius 3 is 2.12 bits per heavy atom. The van der Waals surface area contributed by atoms with Crippen LogP contribution in [0.2, 0.25) is 0 Å². The molecule has 0 saturated heterocycles. The van der Waals surface area contributed by atoms with Crippen LogP contribution < -0.4 is 0 Å². The molecule has 0 fully saturated rings. The Balaban J connectivity index is 0.00000128. The number of hydrogen-bond donors (Lipinski definition) is 1. The third-order valence-corrected chi connectivity index (χ3v) is 2.92. The second kappa shape index (κ2) is 4.30. The zero-order chi connectivity index (χ0) is 11.1. The number of halogens is 1. The molecule has 16 heavy (non-hydrogen) atoms. The van der Waals surface area contributed by atoms with Crippen LogP contribution in [0.5, 0.6) is 0 Å². The quantitative estimate of drug-likeness (QED) is 0.794. The van der Waals surface area contributed by atoms with Crippen LogP contribution in [0.4, 0.5) is 0 Å². The Kier molecular flexibility index (Phi) is 3.44. The van der Waals surface area contributed by atoms with E-state index in [9.17, 15) is 0 Å². The minimum Gasteiger partial charge on any atom is -0.467 e. The molecule has 86 valence electrons. The first kappa shape index (κ1) is 12.8. The molecule has 0 aliphatic carbocycles. The molecule has 3 heteroatoms. The molecule has 2 nitrogen and oxygen atoms in total. The average Bonchev–Trinajstić information content (AvgIpc) is 2.38. The molecule has 0 amide bonds. The molecule has 0 spiro atoms. The molecule has 0 atom stereocenters. The van der Waals surface area contributed by atoms with Crippen LogP contribution >= 0.6 is 12.4 Å². The van der Waals surface area contributed by atoms with Gasteiger partial charge < -0.3 is 4.74 Å². The Labute approximate surface area is 102 Å². The van der Waals surface area contributed by atoms with E-state index in [1.54, 1.807) is 0 Å². The molecule has 1 aromatic rings. The number of ether oxygens (including phenoxy) is 1. The fourth-order valence-corrected chi connectivity index (χ4v) is 1.81. The van der Waals surface area contributed by atoms with Gasteiger partial charge in [-0.25, -0.2) is 0 Å². The lowest BCUT2D eigenvalue weighted by Crippen LogP contribution is -2.21. The molecule has 0 bridgehead atoms. The normalized spacial score (nSPS) is 18.1. The third-order valence-electron chi connectivity index (χ3n) is 2.92. The molecule has 2 rings (SSSR count). The number of hydrogen-bond acceptors (Lipinski definition) is 2. The Hall–Kier alpha value is -1.28. The molecule has 0 aromatic heterocycles. The second-order valence-electron chi connectivity index (χ2n) is 4.31. The van der Waals surface area contributed by atoms with Gasteiger partial charge in [-0.3, -0.25) is 5.41 Å². The van der Waals surface area contributed by atoms with Crippen molar-refractivity contribution in [3.8, 4) is 0 Å². The summed E-state index contributed by atoms with van der Waals surface area (Å²) < 4.78 is 5.54. The maximum absolute atomic E-state index is 7.85. The first-order valence-corrected chi connectivity index (χ1v) is 5.07. The van der Waals surface area contributed by atoms with E-state index in [-0.39, 0.29) is 23.9 Å². The van der Waals surface area contributed by atoms with E-state index in [0.717, 1.165) is 16.7 Å². The van der Waals surface area contributed by atoms with E-state index in [0.29, 0.717) is 0 Å². The molecular formula is C13H16ClNO. The van der Waals surface area contributed by atoms with Crippen molar-refractivity contribution in [2.45, 2.75) is 26.4 Å². The van der Waals surface area contributed by atoms with Crippen molar-refractivity contribution in [2.24, 2.45) is 0 Å². The van der Waals surface area contributed by atoms with E-state index in [1.165, 1.54) is 0 Å². The highest BCUT2D eigenvalue weighted by atomic mass is 35.5. The van der Waals surface area contributed by atoms with Gasteiger partial charge in [0.2, 0.25) is 5.90 Å². The summed E-state index contributed by atoms with van der Waals surface area (Å²) in [5.41, 5.74) is 2.77. The van der Waals surface area contributed by atoms with E-state index >= 15 is 0 Å². The maximum Gasteiger partial charge on any atom is 0.214 e. The summed E-state index contributed by atoms with van der Waals surface area (Å²) in [6, 6.07) is 9.96. The highest BCUT2D eigenvalue weighted by Gasteiger charge is 2.35. The van der Waals surface area contributed by atoms with Crippen LogP contribution in [-0.4, -0.2) is 11.5 Å². The van der Waals surface area contributed by atoms with Gasteiger partial charge in [-0.05, 0) is 31.9 Å². The molecule has 0 radical (unpaired) electrons. The third kappa shape index (κ3) is 1.98. The van der Waals surface area contributed by atoms with Crippen molar-refractivity contribution < 1.29 is 4.74 Å². The predicted molar refractivity (Wildman–Crippen MR) is 69.2 cm³/mol. The van der Waals surface area contributed by atoms with Crippen molar-refractivity contribution >= 4 is 23.9 Å². The summed E-state index contributed by atoms with van der Waals surface area (Å²) in [4.78, 5) is 0. The van der Waals surface area contributed by atoms with Gasteiger partial charge in [0.05, 0.1) is 0 Å². The molecule has 1 aliphatic heterocycles. The zero-order valence-corrected chi connectivity index (χ0v) is 10.5. The van der Waals surface area contributed by atoms with Crippen LogP contribution in [-0.2, 0) is 4.74 Å². The lowest BCUT2D eigenvalue weighted by atomic mass is 9.94. The van der Waals surface area contributed by atoms with Crippen LogP contribution in [0, 0.1) is 5.41 Å². The lowest BCUT2D eigenvalue weighted by Gasteiger charge is -2.18. The van der Waals surface area contributed by atoms with Crippen molar-refractivity contribution in [1.29, 1.82) is 5.41 Å². The van der Waals surface area contributed by atoms with Crippen LogP contribution in [0.1, 0.15) is 26.3 Å². The largest absolute Gasteiger partial charge is 0.467 e. The lowest BCUT2D eigenvalue weighted by molar-refractivity contribution is 0.149. The zero-order valence-electron chi connectivity index (χ0n) is 9.70. The van der Waals surface area contributed by atoms with Crippen LogP contribution in [0.3, 0.4) is 0 Å². The molecule has 1 aliphatic rings. The SMILES string of the molecule is CC1=C(c2ccccc2)C(=N)OC1(C)C.Cl. The van der Waals surface area contributed by atoms with Gasteiger partial charge >= 0.3 is 0 Å². The summed E-state index contributed by atoms with van der Waals surface area (Å²) in [6.07, 6.45) is 0. The standard InChI is InChI=1S/C13H15NO.ClH/c1-9-11(10-7-5-4-6-8-10)12(14)15-13(9,2)3;/h4-8,14H,1-3H3;1H. The molecule has 1 heterocycles. The molecule has 0 unspecified atom stereocenters.